The van der Waals surface area contributed by atoms with Crippen molar-refractivity contribution in [3.05, 3.63) is 24.3 Å². The lowest BCUT2D eigenvalue weighted by atomic mass is 9.90. The molecule has 0 aliphatic rings. The zero-order valence-corrected chi connectivity index (χ0v) is 11.1. The van der Waals surface area contributed by atoms with E-state index in [2.05, 4.69) is 16.1 Å². The largest absolute Gasteiger partial charge is 0.435 e. The SMILES string of the molecule is CC(C)(C#N)CCCNc1ccc(OC(F)F)cc1. The molecule has 1 N–H and O–H groups in total. The monoisotopic (exact) mass is 268 g/mol. The molecule has 0 heterocycles. The third-order valence-corrected chi connectivity index (χ3v) is 2.69. The number of nitriles is 1. The summed E-state index contributed by atoms with van der Waals surface area (Å²) < 4.78 is 28.2. The highest BCUT2D eigenvalue weighted by Crippen LogP contribution is 2.21. The standard InChI is InChI=1S/C14H18F2N2O/c1-14(2,10-17)8-3-9-18-11-4-6-12(7-5-11)19-13(15)16/h4-7,13,18H,3,8-9H2,1-2H3. The summed E-state index contributed by atoms with van der Waals surface area (Å²) in [4.78, 5) is 0. The molecule has 0 aliphatic heterocycles. The minimum atomic E-state index is -2.80. The molecular formula is C14H18F2N2O. The number of anilines is 1. The first kappa shape index (κ1) is 15.2. The molecule has 104 valence electrons. The number of nitrogens with zero attached hydrogens (tertiary/aromatic N) is 1. The average Bonchev–Trinajstić information content (AvgIpc) is 2.36. The molecule has 1 aromatic rings. The Morgan fingerprint density at radius 3 is 2.47 bits per heavy atom. The number of benzene rings is 1. The molecule has 1 aromatic carbocycles. The fourth-order valence-electron chi connectivity index (χ4n) is 1.57. The molecular weight excluding hydrogens is 250 g/mol. The van der Waals surface area contributed by atoms with Gasteiger partial charge >= 0.3 is 6.61 Å². The minimum Gasteiger partial charge on any atom is -0.435 e. The molecule has 5 heteroatoms. The van der Waals surface area contributed by atoms with E-state index in [1.54, 1.807) is 12.1 Å². The summed E-state index contributed by atoms with van der Waals surface area (Å²) in [5, 5.41) is 12.0. The van der Waals surface area contributed by atoms with Crippen LogP contribution in [0, 0.1) is 16.7 Å². The Hall–Kier alpha value is -1.83. The van der Waals surface area contributed by atoms with Crippen molar-refractivity contribution < 1.29 is 13.5 Å². The Kier molecular flexibility index (Phi) is 5.56. The van der Waals surface area contributed by atoms with Crippen LogP contribution in [-0.4, -0.2) is 13.2 Å². The quantitative estimate of drug-likeness (QED) is 0.759. The van der Waals surface area contributed by atoms with Crippen molar-refractivity contribution in [1.82, 2.24) is 0 Å². The van der Waals surface area contributed by atoms with Crippen LogP contribution in [0.3, 0.4) is 0 Å². The van der Waals surface area contributed by atoms with Gasteiger partial charge in [-0.2, -0.15) is 14.0 Å². The van der Waals surface area contributed by atoms with Crippen LogP contribution in [0.4, 0.5) is 14.5 Å². The molecule has 0 spiro atoms. The lowest BCUT2D eigenvalue weighted by Gasteiger charge is -2.15. The van der Waals surface area contributed by atoms with Gasteiger partial charge in [0.1, 0.15) is 5.75 Å². The molecule has 0 saturated carbocycles. The molecule has 0 aliphatic carbocycles. The number of rotatable bonds is 7. The third-order valence-electron chi connectivity index (χ3n) is 2.69. The predicted octanol–water partition coefficient (Wildman–Crippen LogP) is 4.03. The molecule has 0 unspecified atom stereocenters. The van der Waals surface area contributed by atoms with Gasteiger partial charge in [0.25, 0.3) is 0 Å². The van der Waals surface area contributed by atoms with Crippen LogP contribution in [0.15, 0.2) is 24.3 Å². The normalized spacial score (nSPS) is 11.2. The number of hydrogen-bond acceptors (Lipinski definition) is 3. The molecule has 0 fully saturated rings. The van der Waals surface area contributed by atoms with E-state index >= 15 is 0 Å². The van der Waals surface area contributed by atoms with E-state index in [1.807, 2.05) is 13.8 Å². The van der Waals surface area contributed by atoms with Gasteiger partial charge < -0.3 is 10.1 Å². The summed E-state index contributed by atoms with van der Waals surface area (Å²) in [5.41, 5.74) is 0.535. The number of ether oxygens (including phenoxy) is 1. The van der Waals surface area contributed by atoms with Crippen molar-refractivity contribution in [2.75, 3.05) is 11.9 Å². The smallest absolute Gasteiger partial charge is 0.387 e. The van der Waals surface area contributed by atoms with E-state index in [4.69, 9.17) is 5.26 Å². The van der Waals surface area contributed by atoms with E-state index in [0.717, 1.165) is 25.1 Å². The lowest BCUT2D eigenvalue weighted by molar-refractivity contribution is -0.0498. The Morgan fingerprint density at radius 1 is 1.32 bits per heavy atom. The molecule has 0 atom stereocenters. The Morgan fingerprint density at radius 2 is 1.95 bits per heavy atom. The average molecular weight is 268 g/mol. The minimum absolute atomic E-state index is 0.145. The fourth-order valence-corrected chi connectivity index (χ4v) is 1.57. The number of nitrogens with one attached hydrogen (secondary N) is 1. The Bertz CT molecular complexity index is 424. The van der Waals surface area contributed by atoms with Crippen LogP contribution in [-0.2, 0) is 0 Å². The zero-order chi connectivity index (χ0) is 14.3. The maximum atomic E-state index is 12.0. The summed E-state index contributed by atoms with van der Waals surface area (Å²) in [7, 11) is 0. The maximum Gasteiger partial charge on any atom is 0.387 e. The summed E-state index contributed by atoms with van der Waals surface area (Å²) in [6.45, 7) is 1.75. The highest BCUT2D eigenvalue weighted by Gasteiger charge is 2.15. The van der Waals surface area contributed by atoms with Crippen LogP contribution in [0.25, 0.3) is 0 Å². The van der Waals surface area contributed by atoms with Gasteiger partial charge in [0.15, 0.2) is 0 Å². The molecule has 0 amide bonds. The van der Waals surface area contributed by atoms with Gasteiger partial charge in [-0.15, -0.1) is 0 Å². The molecule has 3 nitrogen and oxygen atoms in total. The van der Waals surface area contributed by atoms with Crippen LogP contribution in [0.5, 0.6) is 5.75 Å². The maximum absolute atomic E-state index is 12.0. The Balaban J connectivity index is 2.33. The number of hydrogen-bond donors (Lipinski definition) is 1. The summed E-state index contributed by atoms with van der Waals surface area (Å²) in [6, 6.07) is 8.61. The topological polar surface area (TPSA) is 45.0 Å². The molecule has 0 saturated heterocycles. The predicted molar refractivity (Wildman–Crippen MR) is 70.2 cm³/mol. The molecule has 0 aromatic heterocycles. The third kappa shape index (κ3) is 6.05. The molecule has 0 bridgehead atoms. The van der Waals surface area contributed by atoms with Crippen molar-refractivity contribution in [3.63, 3.8) is 0 Å². The summed E-state index contributed by atoms with van der Waals surface area (Å²) in [6.07, 6.45) is 1.68. The lowest BCUT2D eigenvalue weighted by Crippen LogP contribution is -2.11. The van der Waals surface area contributed by atoms with Crippen molar-refractivity contribution in [2.24, 2.45) is 5.41 Å². The number of alkyl halides is 2. The first-order valence-corrected chi connectivity index (χ1v) is 6.13. The van der Waals surface area contributed by atoms with E-state index < -0.39 is 6.61 Å². The van der Waals surface area contributed by atoms with Gasteiger partial charge in [0.05, 0.1) is 11.5 Å². The number of halogens is 2. The van der Waals surface area contributed by atoms with Gasteiger partial charge in [0, 0.05) is 12.2 Å². The van der Waals surface area contributed by atoms with Crippen LogP contribution in [0.2, 0.25) is 0 Å². The van der Waals surface area contributed by atoms with Crippen LogP contribution < -0.4 is 10.1 Å². The van der Waals surface area contributed by atoms with Gasteiger partial charge in [-0.1, -0.05) is 0 Å². The molecule has 1 rings (SSSR count). The van der Waals surface area contributed by atoms with Crippen LogP contribution in [0.1, 0.15) is 26.7 Å². The highest BCUT2D eigenvalue weighted by atomic mass is 19.3. The van der Waals surface area contributed by atoms with Crippen LogP contribution >= 0.6 is 0 Å². The first-order chi connectivity index (χ1) is 8.93. The molecule has 0 radical (unpaired) electrons. The summed E-state index contributed by atoms with van der Waals surface area (Å²) >= 11 is 0. The van der Waals surface area contributed by atoms with Crippen molar-refractivity contribution >= 4 is 5.69 Å². The van der Waals surface area contributed by atoms with E-state index in [0.29, 0.717) is 0 Å². The van der Waals surface area contributed by atoms with Gasteiger partial charge in [-0.3, -0.25) is 0 Å². The fraction of sp³-hybridized carbons (Fsp3) is 0.500. The highest BCUT2D eigenvalue weighted by molar-refractivity contribution is 5.46. The second-order valence-electron chi connectivity index (χ2n) is 4.93. The van der Waals surface area contributed by atoms with Gasteiger partial charge in [-0.25, -0.2) is 0 Å². The second kappa shape index (κ2) is 6.93. The second-order valence-corrected chi connectivity index (χ2v) is 4.93. The van der Waals surface area contributed by atoms with Crippen molar-refractivity contribution in [2.45, 2.75) is 33.3 Å². The van der Waals surface area contributed by atoms with Crippen molar-refractivity contribution in [1.29, 1.82) is 5.26 Å². The van der Waals surface area contributed by atoms with Gasteiger partial charge in [0.2, 0.25) is 0 Å². The summed E-state index contributed by atoms with van der Waals surface area (Å²) in [5.74, 6) is 0.145. The van der Waals surface area contributed by atoms with Gasteiger partial charge in [-0.05, 0) is 51.0 Å². The van der Waals surface area contributed by atoms with E-state index in [-0.39, 0.29) is 11.2 Å². The van der Waals surface area contributed by atoms with Crippen molar-refractivity contribution in [3.8, 4) is 11.8 Å². The van der Waals surface area contributed by atoms with E-state index in [1.165, 1.54) is 12.1 Å². The Labute approximate surface area is 112 Å². The molecule has 19 heavy (non-hydrogen) atoms. The first-order valence-electron chi connectivity index (χ1n) is 6.13. The zero-order valence-electron chi connectivity index (χ0n) is 11.1. The van der Waals surface area contributed by atoms with E-state index in [9.17, 15) is 8.78 Å².